The lowest BCUT2D eigenvalue weighted by molar-refractivity contribution is -0.0505. The highest BCUT2D eigenvalue weighted by Crippen LogP contribution is 2.36. The maximum atomic E-state index is 10.5. The van der Waals surface area contributed by atoms with Gasteiger partial charge in [0.15, 0.2) is 23.2 Å². The first-order valence-corrected chi connectivity index (χ1v) is 8.55. The Morgan fingerprint density at radius 1 is 1.19 bits per heavy atom. The molecular weight excluding hydrogens is 342 g/mol. The Bertz CT molecular complexity index is 792. The zero-order chi connectivity index (χ0) is 18.4. The van der Waals surface area contributed by atoms with E-state index in [9.17, 15) is 15.3 Å². The van der Waals surface area contributed by atoms with Gasteiger partial charge in [-0.05, 0) is 7.05 Å². The number of piperazine rings is 1. The third-order valence-electron chi connectivity index (χ3n) is 5.04. The lowest BCUT2D eigenvalue weighted by atomic mass is 10.1. The average Bonchev–Trinajstić information content (AvgIpc) is 3.15. The Kier molecular flexibility index (Phi) is 4.40. The summed E-state index contributed by atoms with van der Waals surface area (Å²) in [6, 6.07) is 0. The van der Waals surface area contributed by atoms with Crippen LogP contribution in [-0.2, 0) is 4.74 Å². The maximum Gasteiger partial charge on any atom is 0.210 e. The van der Waals surface area contributed by atoms with Gasteiger partial charge in [0.2, 0.25) is 5.95 Å². The number of rotatable bonds is 3. The molecule has 2 saturated heterocycles. The van der Waals surface area contributed by atoms with E-state index >= 15 is 0 Å². The Hall–Kier alpha value is -2.05. The fourth-order valence-corrected chi connectivity index (χ4v) is 3.47. The number of nitrogen functional groups attached to an aromatic ring is 1. The number of aromatic nitrogens is 4. The number of aliphatic hydroxyl groups is 3. The van der Waals surface area contributed by atoms with Gasteiger partial charge >= 0.3 is 0 Å². The van der Waals surface area contributed by atoms with Crippen molar-refractivity contribution < 1.29 is 20.1 Å². The molecule has 11 nitrogen and oxygen atoms in total. The van der Waals surface area contributed by atoms with Crippen molar-refractivity contribution in [1.82, 2.24) is 24.4 Å². The molecule has 5 N–H and O–H groups in total. The number of likely N-dealkylation sites (N-methyl/N-ethyl adjacent to an activating group) is 1. The van der Waals surface area contributed by atoms with Gasteiger partial charge in [0.1, 0.15) is 24.6 Å². The van der Waals surface area contributed by atoms with Crippen molar-refractivity contribution in [2.75, 3.05) is 50.5 Å². The summed E-state index contributed by atoms with van der Waals surface area (Å²) in [5.74, 6) is 0.783. The van der Waals surface area contributed by atoms with Gasteiger partial charge in [-0.2, -0.15) is 0 Å². The third-order valence-corrected chi connectivity index (χ3v) is 5.04. The standard InChI is InChI=1S/C15H23N7O4/c1-20-2-4-21(5-3-20)15-19-9-12(16)17-7-18-13(9)22(15)14-11(25)10(24)8(6-23)26-14/h7-8,10-11,14,23-25H,2-6H2,1H3,(H2,16,17,18). The Labute approximate surface area is 149 Å². The van der Waals surface area contributed by atoms with Crippen LogP contribution in [0.15, 0.2) is 6.33 Å². The smallest absolute Gasteiger partial charge is 0.210 e. The minimum Gasteiger partial charge on any atom is -0.394 e. The van der Waals surface area contributed by atoms with Crippen molar-refractivity contribution in [2.24, 2.45) is 0 Å². The highest BCUT2D eigenvalue weighted by atomic mass is 16.6. The van der Waals surface area contributed by atoms with E-state index in [-0.39, 0.29) is 5.82 Å². The summed E-state index contributed by atoms with van der Waals surface area (Å²) < 4.78 is 7.36. The molecule has 142 valence electrons. The van der Waals surface area contributed by atoms with Crippen LogP contribution in [0.3, 0.4) is 0 Å². The van der Waals surface area contributed by atoms with Crippen LogP contribution in [0.4, 0.5) is 11.8 Å². The second-order valence-electron chi connectivity index (χ2n) is 6.73. The van der Waals surface area contributed by atoms with Crippen LogP contribution in [0.25, 0.3) is 11.2 Å². The zero-order valence-electron chi connectivity index (χ0n) is 14.4. The molecule has 11 heteroatoms. The number of imidazole rings is 1. The number of hydrogen-bond donors (Lipinski definition) is 4. The predicted molar refractivity (Wildman–Crippen MR) is 92.5 cm³/mol. The van der Waals surface area contributed by atoms with E-state index in [1.54, 1.807) is 4.57 Å². The summed E-state index contributed by atoms with van der Waals surface area (Å²) in [6.07, 6.45) is -2.93. The molecule has 0 spiro atoms. The molecule has 2 aliphatic rings. The summed E-state index contributed by atoms with van der Waals surface area (Å²) in [5.41, 5.74) is 6.79. The molecule has 0 amide bonds. The first-order valence-electron chi connectivity index (χ1n) is 8.55. The van der Waals surface area contributed by atoms with E-state index in [0.29, 0.717) is 17.1 Å². The summed E-state index contributed by atoms with van der Waals surface area (Å²) >= 11 is 0. The maximum absolute atomic E-state index is 10.5. The quantitative estimate of drug-likeness (QED) is 0.471. The van der Waals surface area contributed by atoms with Gasteiger partial charge in [-0.15, -0.1) is 0 Å². The Balaban J connectivity index is 1.81. The molecule has 0 aromatic carbocycles. The summed E-state index contributed by atoms with van der Waals surface area (Å²) in [5, 5.41) is 30.0. The van der Waals surface area contributed by atoms with Crippen LogP contribution < -0.4 is 10.6 Å². The Morgan fingerprint density at radius 3 is 2.58 bits per heavy atom. The molecular formula is C15H23N7O4. The zero-order valence-corrected chi connectivity index (χ0v) is 14.4. The van der Waals surface area contributed by atoms with Gasteiger partial charge in [0.05, 0.1) is 6.61 Å². The molecule has 4 heterocycles. The number of fused-ring (bicyclic) bond motifs is 1. The predicted octanol–water partition coefficient (Wildman–Crippen LogP) is -2.23. The second kappa shape index (κ2) is 6.59. The molecule has 4 rings (SSSR count). The lowest BCUT2D eigenvalue weighted by Gasteiger charge is -2.34. The van der Waals surface area contributed by atoms with Crippen LogP contribution in [0.1, 0.15) is 6.23 Å². The van der Waals surface area contributed by atoms with Crippen LogP contribution in [0.2, 0.25) is 0 Å². The van der Waals surface area contributed by atoms with Crippen molar-refractivity contribution in [3.8, 4) is 0 Å². The van der Waals surface area contributed by atoms with Crippen LogP contribution >= 0.6 is 0 Å². The van der Waals surface area contributed by atoms with E-state index in [4.69, 9.17) is 10.5 Å². The third kappa shape index (κ3) is 2.68. The summed E-state index contributed by atoms with van der Waals surface area (Å²) in [7, 11) is 2.05. The van der Waals surface area contributed by atoms with Gasteiger partial charge in [-0.3, -0.25) is 4.57 Å². The Morgan fingerprint density at radius 2 is 1.92 bits per heavy atom. The van der Waals surface area contributed by atoms with Crippen molar-refractivity contribution in [3.05, 3.63) is 6.33 Å². The highest BCUT2D eigenvalue weighted by Gasteiger charge is 2.45. The number of nitrogens with two attached hydrogens (primary N) is 1. The first-order chi connectivity index (χ1) is 12.5. The first kappa shape index (κ1) is 17.4. The fourth-order valence-electron chi connectivity index (χ4n) is 3.47. The van der Waals surface area contributed by atoms with E-state index < -0.39 is 31.1 Å². The van der Waals surface area contributed by atoms with Gasteiger partial charge < -0.3 is 35.6 Å². The van der Waals surface area contributed by atoms with Crippen molar-refractivity contribution in [3.63, 3.8) is 0 Å². The molecule has 2 aliphatic heterocycles. The van der Waals surface area contributed by atoms with E-state index in [1.165, 1.54) is 6.33 Å². The van der Waals surface area contributed by atoms with E-state index in [0.717, 1.165) is 26.2 Å². The molecule has 4 atom stereocenters. The van der Waals surface area contributed by atoms with E-state index in [2.05, 4.69) is 31.8 Å². The number of anilines is 2. The number of aliphatic hydroxyl groups excluding tert-OH is 3. The van der Waals surface area contributed by atoms with Gasteiger partial charge in [0, 0.05) is 26.2 Å². The van der Waals surface area contributed by atoms with Crippen molar-refractivity contribution >= 4 is 22.9 Å². The molecule has 2 aromatic heterocycles. The second-order valence-corrected chi connectivity index (χ2v) is 6.73. The van der Waals surface area contributed by atoms with Crippen LogP contribution in [0, 0.1) is 0 Å². The normalized spacial score (nSPS) is 30.4. The summed E-state index contributed by atoms with van der Waals surface area (Å²) in [4.78, 5) is 17.1. The van der Waals surface area contributed by atoms with Crippen LogP contribution in [-0.4, -0.2) is 97.9 Å². The number of hydrogen-bond acceptors (Lipinski definition) is 10. The molecule has 0 aliphatic carbocycles. The molecule has 0 bridgehead atoms. The highest BCUT2D eigenvalue weighted by molar-refractivity contribution is 5.84. The molecule has 4 unspecified atom stereocenters. The molecule has 2 fully saturated rings. The van der Waals surface area contributed by atoms with Crippen molar-refractivity contribution in [2.45, 2.75) is 24.5 Å². The topological polar surface area (TPSA) is 146 Å². The monoisotopic (exact) mass is 365 g/mol. The average molecular weight is 365 g/mol. The molecule has 0 saturated carbocycles. The molecule has 2 aromatic rings. The largest absolute Gasteiger partial charge is 0.394 e. The van der Waals surface area contributed by atoms with Gasteiger partial charge in [-0.25, -0.2) is 15.0 Å². The van der Waals surface area contributed by atoms with Crippen LogP contribution in [0.5, 0.6) is 0 Å². The van der Waals surface area contributed by atoms with E-state index in [1.807, 2.05) is 0 Å². The fraction of sp³-hybridized carbons (Fsp3) is 0.667. The van der Waals surface area contributed by atoms with Gasteiger partial charge in [0.25, 0.3) is 0 Å². The SMILES string of the molecule is CN1CCN(c2nc3c(N)ncnc3n2C2OC(CO)C(O)C2O)CC1. The summed E-state index contributed by atoms with van der Waals surface area (Å²) in [6.45, 7) is 2.80. The molecule has 26 heavy (non-hydrogen) atoms. The minimum absolute atomic E-state index is 0.232. The minimum atomic E-state index is -1.23. The molecule has 0 radical (unpaired) electrons. The van der Waals surface area contributed by atoms with Crippen molar-refractivity contribution in [1.29, 1.82) is 0 Å². The number of ether oxygens (including phenoxy) is 1. The number of nitrogens with zero attached hydrogens (tertiary/aromatic N) is 6. The lowest BCUT2D eigenvalue weighted by Crippen LogP contribution is -2.46. The van der Waals surface area contributed by atoms with Gasteiger partial charge in [-0.1, -0.05) is 0 Å².